The van der Waals surface area contributed by atoms with Crippen molar-refractivity contribution in [2.75, 3.05) is 0 Å². The maximum atomic E-state index is 6.45. The minimum atomic E-state index is 0.0531. The van der Waals surface area contributed by atoms with Crippen molar-refractivity contribution in [3.05, 3.63) is 70.8 Å². The first-order valence-electron chi connectivity index (χ1n) is 5.91. The predicted molar refractivity (Wildman–Crippen MR) is 74.7 cm³/mol. The smallest absolute Gasteiger partial charge is 0.0625 e. The lowest BCUT2D eigenvalue weighted by Crippen LogP contribution is -1.96. The van der Waals surface area contributed by atoms with Gasteiger partial charge in [0, 0.05) is 0 Å². The number of aryl methyl sites for hydroxylation is 2. The second-order valence-corrected chi connectivity index (χ2v) is 5.10. The van der Waals surface area contributed by atoms with E-state index in [0.29, 0.717) is 0 Å². The van der Waals surface area contributed by atoms with E-state index < -0.39 is 0 Å². The van der Waals surface area contributed by atoms with Crippen LogP contribution in [0.15, 0.2) is 48.5 Å². The summed E-state index contributed by atoms with van der Waals surface area (Å²) in [5.41, 5.74) is 5.05. The third kappa shape index (κ3) is 3.34. The molecule has 0 amide bonds. The first-order chi connectivity index (χ1) is 8.15. The molecular formula is C16H17Cl. The quantitative estimate of drug-likeness (QED) is 0.679. The standard InChI is InChI=1S/C16H17Cl/c1-12-6-8-15(9-7-12)16(17)11-14-5-3-4-13(2)10-14/h3-10,16H,11H2,1-2H3. The molecule has 0 fully saturated rings. The Kier molecular flexibility index (Phi) is 3.86. The van der Waals surface area contributed by atoms with Crippen LogP contribution in [0, 0.1) is 13.8 Å². The third-order valence-electron chi connectivity index (χ3n) is 2.94. The van der Waals surface area contributed by atoms with Crippen LogP contribution in [-0.2, 0) is 6.42 Å². The molecule has 0 aliphatic heterocycles. The third-order valence-corrected chi connectivity index (χ3v) is 3.34. The second-order valence-electron chi connectivity index (χ2n) is 4.57. The summed E-state index contributed by atoms with van der Waals surface area (Å²) in [7, 11) is 0. The van der Waals surface area contributed by atoms with Gasteiger partial charge in [-0.2, -0.15) is 0 Å². The zero-order chi connectivity index (χ0) is 12.3. The predicted octanol–water partition coefficient (Wildman–Crippen LogP) is 4.83. The Hall–Kier alpha value is -1.27. The van der Waals surface area contributed by atoms with Gasteiger partial charge in [-0.15, -0.1) is 11.6 Å². The van der Waals surface area contributed by atoms with Crippen molar-refractivity contribution >= 4 is 11.6 Å². The molecule has 0 heterocycles. The van der Waals surface area contributed by atoms with Gasteiger partial charge in [0.15, 0.2) is 0 Å². The van der Waals surface area contributed by atoms with E-state index in [1.165, 1.54) is 22.3 Å². The van der Waals surface area contributed by atoms with Gasteiger partial charge in [0.05, 0.1) is 5.38 Å². The molecule has 17 heavy (non-hydrogen) atoms. The van der Waals surface area contributed by atoms with Crippen molar-refractivity contribution in [1.82, 2.24) is 0 Å². The van der Waals surface area contributed by atoms with E-state index >= 15 is 0 Å². The molecule has 0 saturated heterocycles. The first-order valence-corrected chi connectivity index (χ1v) is 6.35. The first kappa shape index (κ1) is 12.2. The lowest BCUT2D eigenvalue weighted by Gasteiger charge is -2.10. The minimum Gasteiger partial charge on any atom is -0.117 e. The summed E-state index contributed by atoms with van der Waals surface area (Å²) in [4.78, 5) is 0. The van der Waals surface area contributed by atoms with Gasteiger partial charge in [-0.25, -0.2) is 0 Å². The highest BCUT2D eigenvalue weighted by Gasteiger charge is 2.08. The monoisotopic (exact) mass is 244 g/mol. The highest BCUT2D eigenvalue weighted by Crippen LogP contribution is 2.25. The Morgan fingerprint density at radius 1 is 0.941 bits per heavy atom. The molecule has 88 valence electrons. The summed E-state index contributed by atoms with van der Waals surface area (Å²) in [6.07, 6.45) is 0.881. The lowest BCUT2D eigenvalue weighted by atomic mass is 10.0. The Balaban J connectivity index is 2.11. The van der Waals surface area contributed by atoms with E-state index in [0.717, 1.165) is 6.42 Å². The summed E-state index contributed by atoms with van der Waals surface area (Å²) in [5, 5.41) is 0.0531. The van der Waals surface area contributed by atoms with Crippen LogP contribution in [0.5, 0.6) is 0 Å². The Morgan fingerprint density at radius 3 is 2.29 bits per heavy atom. The molecular weight excluding hydrogens is 228 g/mol. The molecule has 2 aromatic carbocycles. The highest BCUT2D eigenvalue weighted by molar-refractivity contribution is 6.20. The van der Waals surface area contributed by atoms with Crippen molar-refractivity contribution in [3.63, 3.8) is 0 Å². The molecule has 2 rings (SSSR count). The molecule has 0 N–H and O–H groups in total. The number of halogens is 1. The fraction of sp³-hybridized carbons (Fsp3) is 0.250. The van der Waals surface area contributed by atoms with Crippen LogP contribution < -0.4 is 0 Å². The van der Waals surface area contributed by atoms with Crippen LogP contribution in [-0.4, -0.2) is 0 Å². The molecule has 0 aliphatic rings. The van der Waals surface area contributed by atoms with E-state index in [-0.39, 0.29) is 5.38 Å². The summed E-state index contributed by atoms with van der Waals surface area (Å²) in [6.45, 7) is 4.20. The summed E-state index contributed by atoms with van der Waals surface area (Å²) in [5.74, 6) is 0. The van der Waals surface area contributed by atoms with Crippen LogP contribution in [0.4, 0.5) is 0 Å². The Bertz CT molecular complexity index is 485. The summed E-state index contributed by atoms with van der Waals surface area (Å²) in [6, 6.07) is 17.0. The molecule has 0 aliphatic carbocycles. The SMILES string of the molecule is Cc1ccc(C(Cl)Cc2cccc(C)c2)cc1. The van der Waals surface area contributed by atoms with Gasteiger partial charge in [-0.1, -0.05) is 59.7 Å². The number of hydrogen-bond acceptors (Lipinski definition) is 0. The number of benzene rings is 2. The van der Waals surface area contributed by atoms with E-state index in [1.807, 2.05) is 0 Å². The Morgan fingerprint density at radius 2 is 1.65 bits per heavy atom. The number of rotatable bonds is 3. The molecule has 2 aromatic rings. The molecule has 0 radical (unpaired) electrons. The number of hydrogen-bond donors (Lipinski definition) is 0. The molecule has 1 unspecified atom stereocenters. The molecule has 0 bridgehead atoms. The molecule has 0 spiro atoms. The van der Waals surface area contributed by atoms with Crippen molar-refractivity contribution in [3.8, 4) is 0 Å². The molecule has 1 heteroatoms. The van der Waals surface area contributed by atoms with Crippen molar-refractivity contribution in [2.24, 2.45) is 0 Å². The highest BCUT2D eigenvalue weighted by atomic mass is 35.5. The van der Waals surface area contributed by atoms with Crippen LogP contribution in [0.25, 0.3) is 0 Å². The van der Waals surface area contributed by atoms with Gasteiger partial charge in [0.2, 0.25) is 0 Å². The molecule has 0 saturated carbocycles. The molecule has 0 nitrogen and oxygen atoms in total. The van der Waals surface area contributed by atoms with Crippen LogP contribution in [0.2, 0.25) is 0 Å². The van der Waals surface area contributed by atoms with E-state index in [9.17, 15) is 0 Å². The van der Waals surface area contributed by atoms with E-state index in [4.69, 9.17) is 11.6 Å². The largest absolute Gasteiger partial charge is 0.117 e. The van der Waals surface area contributed by atoms with Crippen LogP contribution >= 0.6 is 11.6 Å². The summed E-state index contributed by atoms with van der Waals surface area (Å²) < 4.78 is 0. The molecule has 1 atom stereocenters. The zero-order valence-corrected chi connectivity index (χ0v) is 11.0. The van der Waals surface area contributed by atoms with Crippen molar-refractivity contribution in [2.45, 2.75) is 25.6 Å². The number of alkyl halides is 1. The Labute approximate surface area is 108 Å². The van der Waals surface area contributed by atoms with Crippen molar-refractivity contribution < 1.29 is 0 Å². The topological polar surface area (TPSA) is 0 Å². The van der Waals surface area contributed by atoms with Gasteiger partial charge in [-0.3, -0.25) is 0 Å². The van der Waals surface area contributed by atoms with Gasteiger partial charge in [0.25, 0.3) is 0 Å². The normalized spacial score (nSPS) is 12.4. The minimum absolute atomic E-state index is 0.0531. The van der Waals surface area contributed by atoms with E-state index in [1.54, 1.807) is 0 Å². The fourth-order valence-electron chi connectivity index (χ4n) is 1.94. The zero-order valence-electron chi connectivity index (χ0n) is 10.3. The van der Waals surface area contributed by atoms with Crippen LogP contribution in [0.3, 0.4) is 0 Å². The lowest BCUT2D eigenvalue weighted by molar-refractivity contribution is 0.917. The fourth-order valence-corrected chi connectivity index (χ4v) is 2.26. The van der Waals surface area contributed by atoms with Gasteiger partial charge < -0.3 is 0 Å². The summed E-state index contributed by atoms with van der Waals surface area (Å²) >= 11 is 6.45. The van der Waals surface area contributed by atoms with Crippen molar-refractivity contribution in [1.29, 1.82) is 0 Å². The maximum Gasteiger partial charge on any atom is 0.0625 e. The maximum absolute atomic E-state index is 6.45. The second kappa shape index (κ2) is 5.37. The average molecular weight is 245 g/mol. The van der Waals surface area contributed by atoms with Crippen LogP contribution in [0.1, 0.15) is 27.6 Å². The van der Waals surface area contributed by atoms with E-state index in [2.05, 4.69) is 62.4 Å². The molecule has 0 aromatic heterocycles. The van der Waals surface area contributed by atoms with Gasteiger partial charge in [-0.05, 0) is 31.4 Å². The van der Waals surface area contributed by atoms with Gasteiger partial charge >= 0.3 is 0 Å². The average Bonchev–Trinajstić information content (AvgIpc) is 2.29. The van der Waals surface area contributed by atoms with Gasteiger partial charge in [0.1, 0.15) is 0 Å².